The lowest BCUT2D eigenvalue weighted by atomic mass is 10.1. The first-order valence-electron chi connectivity index (χ1n) is 5.72. The van der Waals surface area contributed by atoms with Gasteiger partial charge in [0.15, 0.2) is 0 Å². The van der Waals surface area contributed by atoms with E-state index < -0.39 is 0 Å². The predicted octanol–water partition coefficient (Wildman–Crippen LogP) is 1.45. The largest absolute Gasteiger partial charge is 0.355 e. The minimum Gasteiger partial charge on any atom is -0.355 e. The monoisotopic (exact) mass is 247 g/mol. The highest BCUT2D eigenvalue weighted by Crippen LogP contribution is 2.02. The van der Waals surface area contributed by atoms with Gasteiger partial charge < -0.3 is 10.3 Å². The highest BCUT2D eigenvalue weighted by molar-refractivity contribution is 5.77. The van der Waals surface area contributed by atoms with E-state index in [1.807, 2.05) is 0 Å². The number of amides is 1. The van der Waals surface area contributed by atoms with Crippen molar-refractivity contribution >= 4 is 5.91 Å². The Kier molecular flexibility index (Phi) is 4.06. The van der Waals surface area contributed by atoms with Gasteiger partial charge in [0.1, 0.15) is 5.82 Å². The highest BCUT2D eigenvalue weighted by atomic mass is 19.1. The molecule has 1 heterocycles. The van der Waals surface area contributed by atoms with E-state index in [1.165, 1.54) is 12.1 Å². The highest BCUT2D eigenvalue weighted by Gasteiger charge is 2.03. The number of hydrogen-bond acceptors (Lipinski definition) is 2. The van der Waals surface area contributed by atoms with Crippen LogP contribution in [0.1, 0.15) is 11.3 Å². The van der Waals surface area contributed by atoms with Gasteiger partial charge >= 0.3 is 0 Å². The summed E-state index contributed by atoms with van der Waals surface area (Å²) in [7, 11) is 0. The van der Waals surface area contributed by atoms with Gasteiger partial charge in [-0.15, -0.1) is 0 Å². The van der Waals surface area contributed by atoms with Crippen molar-refractivity contribution in [3.63, 3.8) is 0 Å². The Bertz CT molecular complexity index is 493. The maximum Gasteiger partial charge on any atom is 0.226 e. The molecule has 94 valence electrons. The number of imidazole rings is 1. The second-order valence-corrected chi connectivity index (χ2v) is 3.98. The van der Waals surface area contributed by atoms with Crippen LogP contribution >= 0.6 is 0 Å². The van der Waals surface area contributed by atoms with E-state index >= 15 is 0 Å². The van der Waals surface area contributed by atoms with E-state index in [4.69, 9.17) is 0 Å². The number of halogens is 1. The lowest BCUT2D eigenvalue weighted by molar-refractivity contribution is -0.120. The smallest absolute Gasteiger partial charge is 0.226 e. The van der Waals surface area contributed by atoms with Crippen molar-refractivity contribution in [2.75, 3.05) is 6.54 Å². The first-order valence-corrected chi connectivity index (χ1v) is 5.72. The molecule has 0 radical (unpaired) electrons. The number of hydrogen-bond donors (Lipinski definition) is 2. The maximum atomic E-state index is 12.7. The van der Waals surface area contributed by atoms with Crippen molar-refractivity contribution in [3.8, 4) is 0 Å². The molecular weight excluding hydrogens is 233 g/mol. The summed E-state index contributed by atoms with van der Waals surface area (Å²) in [6.07, 6.45) is 4.15. The van der Waals surface area contributed by atoms with Crippen molar-refractivity contribution < 1.29 is 9.18 Å². The fraction of sp³-hybridized carbons (Fsp3) is 0.231. The fourth-order valence-electron chi connectivity index (χ4n) is 1.61. The number of H-pyrrole nitrogens is 1. The van der Waals surface area contributed by atoms with Crippen LogP contribution in [0.4, 0.5) is 4.39 Å². The lowest BCUT2D eigenvalue weighted by Gasteiger charge is -2.04. The number of nitrogens with one attached hydrogen (secondary N) is 2. The average Bonchev–Trinajstić information content (AvgIpc) is 2.84. The molecule has 4 nitrogen and oxygen atoms in total. The number of aromatic amines is 1. The summed E-state index contributed by atoms with van der Waals surface area (Å²) in [6.45, 7) is 0.540. The molecule has 5 heteroatoms. The Hall–Kier alpha value is -2.17. The van der Waals surface area contributed by atoms with E-state index in [1.54, 1.807) is 24.7 Å². The third kappa shape index (κ3) is 3.69. The van der Waals surface area contributed by atoms with Crippen molar-refractivity contribution in [2.24, 2.45) is 0 Å². The van der Waals surface area contributed by atoms with Crippen LogP contribution < -0.4 is 5.32 Å². The molecule has 0 spiro atoms. The van der Waals surface area contributed by atoms with Gasteiger partial charge in [0.2, 0.25) is 5.91 Å². The topological polar surface area (TPSA) is 57.8 Å². The number of carbonyl (C=O) groups is 1. The van der Waals surface area contributed by atoms with Gasteiger partial charge in [-0.1, -0.05) is 12.1 Å². The number of rotatable bonds is 5. The Morgan fingerprint density at radius 2 is 2.11 bits per heavy atom. The average molecular weight is 247 g/mol. The summed E-state index contributed by atoms with van der Waals surface area (Å²) in [4.78, 5) is 18.2. The molecule has 0 unspecified atom stereocenters. The van der Waals surface area contributed by atoms with Crippen LogP contribution in [0.3, 0.4) is 0 Å². The molecule has 1 amide bonds. The van der Waals surface area contributed by atoms with Gasteiger partial charge in [-0.2, -0.15) is 0 Å². The summed E-state index contributed by atoms with van der Waals surface area (Å²) in [5, 5.41) is 2.80. The van der Waals surface area contributed by atoms with E-state index in [2.05, 4.69) is 15.3 Å². The number of aromatic nitrogens is 2. The minimum atomic E-state index is -0.248. The molecule has 2 aromatic rings. The maximum absolute atomic E-state index is 12.7. The summed E-state index contributed by atoms with van der Waals surface area (Å²) < 4.78 is 12.7. The third-order valence-electron chi connectivity index (χ3n) is 2.55. The van der Waals surface area contributed by atoms with Gasteiger partial charge in [-0.3, -0.25) is 4.79 Å². The molecule has 0 aliphatic carbocycles. The first kappa shape index (κ1) is 12.3. The van der Waals surface area contributed by atoms with Crippen LogP contribution in [-0.4, -0.2) is 22.4 Å². The number of carbonyl (C=O) groups excluding carboxylic acids is 1. The molecule has 0 atom stereocenters. The van der Waals surface area contributed by atoms with E-state index in [0.717, 1.165) is 11.3 Å². The summed E-state index contributed by atoms with van der Waals surface area (Å²) >= 11 is 0. The van der Waals surface area contributed by atoms with E-state index in [9.17, 15) is 9.18 Å². The van der Waals surface area contributed by atoms with E-state index in [-0.39, 0.29) is 11.7 Å². The molecule has 1 aromatic carbocycles. The standard InChI is InChI=1S/C13H14FN3O/c14-11-3-1-10(2-4-11)5-6-16-13(18)7-12-8-15-9-17-12/h1-4,8-9H,5-7H2,(H,15,17)(H,16,18). The summed E-state index contributed by atoms with van der Waals surface area (Å²) in [6, 6.07) is 6.27. The van der Waals surface area contributed by atoms with Crippen LogP contribution in [0.5, 0.6) is 0 Å². The quantitative estimate of drug-likeness (QED) is 0.840. The molecule has 1 aromatic heterocycles. The number of nitrogens with zero attached hydrogens (tertiary/aromatic N) is 1. The zero-order valence-electron chi connectivity index (χ0n) is 9.82. The van der Waals surface area contributed by atoms with Crippen LogP contribution in [0.15, 0.2) is 36.8 Å². The van der Waals surface area contributed by atoms with Crippen molar-refractivity contribution in [1.82, 2.24) is 15.3 Å². The van der Waals surface area contributed by atoms with Gasteiger partial charge in [0.25, 0.3) is 0 Å². The third-order valence-corrected chi connectivity index (χ3v) is 2.55. The zero-order valence-corrected chi connectivity index (χ0v) is 9.82. The Morgan fingerprint density at radius 1 is 1.33 bits per heavy atom. The summed E-state index contributed by atoms with van der Waals surface area (Å²) in [5.74, 6) is -0.302. The lowest BCUT2D eigenvalue weighted by Crippen LogP contribution is -2.27. The van der Waals surface area contributed by atoms with Crippen molar-refractivity contribution in [2.45, 2.75) is 12.8 Å². The van der Waals surface area contributed by atoms with Crippen LogP contribution in [0, 0.1) is 5.82 Å². The van der Waals surface area contributed by atoms with Crippen molar-refractivity contribution in [1.29, 1.82) is 0 Å². The molecule has 2 N–H and O–H groups in total. The minimum absolute atomic E-state index is 0.0543. The second kappa shape index (κ2) is 5.95. The molecule has 0 bridgehead atoms. The molecule has 0 aliphatic heterocycles. The molecular formula is C13H14FN3O. The van der Waals surface area contributed by atoms with Gasteiger partial charge in [0, 0.05) is 18.4 Å². The van der Waals surface area contributed by atoms with Crippen LogP contribution in [0.2, 0.25) is 0 Å². The van der Waals surface area contributed by atoms with E-state index in [0.29, 0.717) is 19.4 Å². The van der Waals surface area contributed by atoms with Gasteiger partial charge in [-0.05, 0) is 24.1 Å². The molecule has 2 rings (SSSR count). The Morgan fingerprint density at radius 3 is 2.78 bits per heavy atom. The fourth-order valence-corrected chi connectivity index (χ4v) is 1.61. The van der Waals surface area contributed by atoms with Gasteiger partial charge in [0.05, 0.1) is 12.7 Å². The molecule has 0 aliphatic rings. The number of benzene rings is 1. The predicted molar refractivity (Wildman–Crippen MR) is 65.4 cm³/mol. The zero-order chi connectivity index (χ0) is 12.8. The molecule has 0 fully saturated rings. The Labute approximate surface area is 104 Å². The molecule has 0 saturated heterocycles. The summed E-state index contributed by atoms with van der Waals surface area (Å²) in [5.41, 5.74) is 1.78. The van der Waals surface area contributed by atoms with Gasteiger partial charge in [-0.25, -0.2) is 9.37 Å². The molecule has 0 saturated carbocycles. The molecule has 18 heavy (non-hydrogen) atoms. The SMILES string of the molecule is O=C(Cc1cnc[nH]1)NCCc1ccc(F)cc1. The first-order chi connectivity index (χ1) is 8.74. The normalized spacial score (nSPS) is 10.3. The van der Waals surface area contributed by atoms with Crippen molar-refractivity contribution in [3.05, 3.63) is 53.9 Å². The Balaban J connectivity index is 1.72. The second-order valence-electron chi connectivity index (χ2n) is 3.98. The van der Waals surface area contributed by atoms with Crippen LogP contribution in [-0.2, 0) is 17.6 Å². The van der Waals surface area contributed by atoms with Crippen LogP contribution in [0.25, 0.3) is 0 Å².